The van der Waals surface area contributed by atoms with Crippen molar-refractivity contribution in [3.63, 3.8) is 0 Å². The Bertz CT molecular complexity index is 482. The van der Waals surface area contributed by atoms with Crippen LogP contribution in [0.5, 0.6) is 0 Å². The van der Waals surface area contributed by atoms with Crippen LogP contribution >= 0.6 is 15.9 Å². The Labute approximate surface area is 97.6 Å². The van der Waals surface area contributed by atoms with Gasteiger partial charge < -0.3 is 5.32 Å². The van der Waals surface area contributed by atoms with Gasteiger partial charge in [-0.1, -0.05) is 6.07 Å². The predicted molar refractivity (Wildman–Crippen MR) is 66.3 cm³/mol. The van der Waals surface area contributed by atoms with Crippen molar-refractivity contribution in [1.82, 2.24) is 9.38 Å². The molecule has 2 aromatic heterocycles. The monoisotopic (exact) mass is 267 g/mol. The molecule has 0 amide bonds. The van der Waals surface area contributed by atoms with Crippen LogP contribution in [0, 0.1) is 0 Å². The van der Waals surface area contributed by atoms with E-state index in [1.807, 2.05) is 28.8 Å². The van der Waals surface area contributed by atoms with E-state index in [0.29, 0.717) is 0 Å². The molecule has 0 aliphatic heterocycles. The second kappa shape index (κ2) is 3.52. The standard InChI is InChI=1S/C11H14BrN3/c1-11(2,3)14-10-9(12)13-8-6-4-5-7-15(8)10/h4-7,14H,1-3H3. The largest absolute Gasteiger partial charge is 0.364 e. The highest BCUT2D eigenvalue weighted by atomic mass is 79.9. The molecule has 15 heavy (non-hydrogen) atoms. The Morgan fingerprint density at radius 3 is 2.73 bits per heavy atom. The van der Waals surface area contributed by atoms with Crippen molar-refractivity contribution in [2.45, 2.75) is 26.3 Å². The number of hydrogen-bond donors (Lipinski definition) is 1. The number of rotatable bonds is 1. The number of nitrogens with one attached hydrogen (secondary N) is 1. The van der Waals surface area contributed by atoms with Crippen molar-refractivity contribution in [3.05, 3.63) is 29.0 Å². The van der Waals surface area contributed by atoms with E-state index < -0.39 is 0 Å². The van der Waals surface area contributed by atoms with Crippen LogP contribution in [0.1, 0.15) is 20.8 Å². The fourth-order valence-electron chi connectivity index (χ4n) is 1.43. The molecule has 0 saturated carbocycles. The van der Waals surface area contributed by atoms with E-state index in [9.17, 15) is 0 Å². The van der Waals surface area contributed by atoms with Crippen molar-refractivity contribution in [2.75, 3.05) is 5.32 Å². The Kier molecular flexibility index (Phi) is 2.46. The van der Waals surface area contributed by atoms with Crippen LogP contribution in [0.15, 0.2) is 29.0 Å². The van der Waals surface area contributed by atoms with Gasteiger partial charge in [-0.25, -0.2) is 4.98 Å². The van der Waals surface area contributed by atoms with Crippen LogP contribution in [-0.2, 0) is 0 Å². The predicted octanol–water partition coefficient (Wildman–Crippen LogP) is 3.31. The molecule has 2 aromatic rings. The lowest BCUT2D eigenvalue weighted by Crippen LogP contribution is -2.27. The first-order valence-corrected chi connectivity index (χ1v) is 5.67. The maximum Gasteiger partial charge on any atom is 0.149 e. The number of anilines is 1. The number of nitrogens with zero attached hydrogens (tertiary/aromatic N) is 2. The molecular formula is C11H14BrN3. The smallest absolute Gasteiger partial charge is 0.149 e. The van der Waals surface area contributed by atoms with Crippen LogP contribution < -0.4 is 5.32 Å². The summed E-state index contributed by atoms with van der Waals surface area (Å²) in [5.74, 6) is 0.998. The van der Waals surface area contributed by atoms with Gasteiger partial charge in [-0.15, -0.1) is 0 Å². The lowest BCUT2D eigenvalue weighted by atomic mass is 10.1. The second-order valence-corrected chi connectivity index (χ2v) is 5.31. The molecule has 0 radical (unpaired) electrons. The van der Waals surface area contributed by atoms with Crippen molar-refractivity contribution in [3.8, 4) is 0 Å². The van der Waals surface area contributed by atoms with Gasteiger partial charge in [0.15, 0.2) is 0 Å². The van der Waals surface area contributed by atoms with E-state index >= 15 is 0 Å². The van der Waals surface area contributed by atoms with Crippen molar-refractivity contribution in [2.24, 2.45) is 0 Å². The molecular weight excluding hydrogens is 254 g/mol. The third kappa shape index (κ3) is 2.15. The zero-order valence-corrected chi connectivity index (χ0v) is 10.7. The summed E-state index contributed by atoms with van der Waals surface area (Å²) in [4.78, 5) is 4.41. The van der Waals surface area contributed by atoms with Gasteiger partial charge in [-0.05, 0) is 48.8 Å². The number of halogens is 1. The molecule has 0 unspecified atom stereocenters. The summed E-state index contributed by atoms with van der Waals surface area (Å²) in [5, 5.41) is 3.43. The highest BCUT2D eigenvalue weighted by Crippen LogP contribution is 2.25. The van der Waals surface area contributed by atoms with Gasteiger partial charge in [0.1, 0.15) is 16.1 Å². The molecule has 0 fully saturated rings. The van der Waals surface area contributed by atoms with Gasteiger partial charge in [-0.3, -0.25) is 4.40 Å². The molecule has 0 bridgehead atoms. The normalized spacial score (nSPS) is 12.0. The minimum absolute atomic E-state index is 0.0221. The molecule has 0 spiro atoms. The van der Waals surface area contributed by atoms with Gasteiger partial charge in [0.25, 0.3) is 0 Å². The quantitative estimate of drug-likeness (QED) is 0.859. The number of imidazole rings is 1. The Hall–Kier alpha value is -1.03. The lowest BCUT2D eigenvalue weighted by molar-refractivity contribution is 0.629. The molecule has 4 heteroatoms. The summed E-state index contributed by atoms with van der Waals surface area (Å²) in [5.41, 5.74) is 0.963. The SMILES string of the molecule is CC(C)(C)Nc1c(Br)nc2ccccn12. The number of aromatic nitrogens is 2. The van der Waals surface area contributed by atoms with Gasteiger partial charge in [-0.2, -0.15) is 0 Å². The molecule has 0 atom stereocenters. The minimum atomic E-state index is 0.0221. The molecule has 80 valence electrons. The summed E-state index contributed by atoms with van der Waals surface area (Å²) >= 11 is 3.47. The highest BCUT2D eigenvalue weighted by Gasteiger charge is 2.15. The number of fused-ring (bicyclic) bond motifs is 1. The third-order valence-electron chi connectivity index (χ3n) is 1.98. The van der Waals surface area contributed by atoms with E-state index in [-0.39, 0.29) is 5.54 Å². The zero-order chi connectivity index (χ0) is 11.1. The van der Waals surface area contributed by atoms with E-state index in [0.717, 1.165) is 16.1 Å². The molecule has 1 N–H and O–H groups in total. The van der Waals surface area contributed by atoms with E-state index in [1.165, 1.54) is 0 Å². The molecule has 2 heterocycles. The van der Waals surface area contributed by atoms with E-state index in [1.54, 1.807) is 0 Å². The average Bonchev–Trinajstić information content (AvgIpc) is 2.41. The lowest BCUT2D eigenvalue weighted by Gasteiger charge is -2.21. The first kappa shape index (κ1) is 10.5. The van der Waals surface area contributed by atoms with Gasteiger partial charge in [0.05, 0.1) is 0 Å². The third-order valence-corrected chi connectivity index (χ3v) is 2.53. The molecule has 0 saturated heterocycles. The number of pyridine rings is 1. The summed E-state index contributed by atoms with van der Waals surface area (Å²) in [6, 6.07) is 5.96. The van der Waals surface area contributed by atoms with Crippen LogP contribution in [-0.4, -0.2) is 14.9 Å². The summed E-state index contributed by atoms with van der Waals surface area (Å²) in [6.45, 7) is 6.38. The first-order valence-electron chi connectivity index (χ1n) is 4.88. The second-order valence-electron chi connectivity index (χ2n) is 4.56. The van der Waals surface area contributed by atoms with Crippen LogP contribution in [0.2, 0.25) is 0 Å². The average molecular weight is 268 g/mol. The van der Waals surface area contributed by atoms with Crippen LogP contribution in [0.25, 0.3) is 5.65 Å². The van der Waals surface area contributed by atoms with Crippen molar-refractivity contribution in [1.29, 1.82) is 0 Å². The molecule has 3 nitrogen and oxygen atoms in total. The maximum atomic E-state index is 4.41. The zero-order valence-electron chi connectivity index (χ0n) is 9.08. The minimum Gasteiger partial charge on any atom is -0.364 e. The summed E-state index contributed by atoms with van der Waals surface area (Å²) in [6.07, 6.45) is 2.00. The maximum absolute atomic E-state index is 4.41. The van der Waals surface area contributed by atoms with Gasteiger partial charge in [0.2, 0.25) is 0 Å². The topological polar surface area (TPSA) is 29.3 Å². The van der Waals surface area contributed by atoms with Gasteiger partial charge >= 0.3 is 0 Å². The fraction of sp³-hybridized carbons (Fsp3) is 0.364. The highest BCUT2D eigenvalue weighted by molar-refractivity contribution is 9.10. The molecule has 0 aliphatic rings. The molecule has 0 aliphatic carbocycles. The summed E-state index contributed by atoms with van der Waals surface area (Å²) in [7, 11) is 0. The number of hydrogen-bond acceptors (Lipinski definition) is 2. The first-order chi connectivity index (χ1) is 6.97. The Morgan fingerprint density at radius 2 is 2.07 bits per heavy atom. The van der Waals surface area contributed by atoms with Crippen LogP contribution in [0.3, 0.4) is 0 Å². The Morgan fingerprint density at radius 1 is 1.33 bits per heavy atom. The van der Waals surface area contributed by atoms with Gasteiger partial charge in [0, 0.05) is 11.7 Å². The van der Waals surface area contributed by atoms with Crippen molar-refractivity contribution < 1.29 is 0 Å². The Balaban J connectivity index is 2.54. The van der Waals surface area contributed by atoms with E-state index in [4.69, 9.17) is 0 Å². The summed E-state index contributed by atoms with van der Waals surface area (Å²) < 4.78 is 2.89. The van der Waals surface area contributed by atoms with Crippen LogP contribution in [0.4, 0.5) is 5.82 Å². The molecule has 2 rings (SSSR count). The van der Waals surface area contributed by atoms with E-state index in [2.05, 4.69) is 47.0 Å². The fourth-order valence-corrected chi connectivity index (χ4v) is 1.91. The van der Waals surface area contributed by atoms with Crippen molar-refractivity contribution >= 4 is 27.4 Å². The molecule has 0 aromatic carbocycles.